The Bertz CT molecular complexity index is 329. The van der Waals surface area contributed by atoms with E-state index in [4.69, 9.17) is 17.3 Å². The minimum Gasteiger partial charge on any atom is -0.406 e. The Kier molecular flexibility index (Phi) is 3.17. The summed E-state index contributed by atoms with van der Waals surface area (Å²) in [4.78, 5) is 3.68. The molecule has 2 N–H and O–H groups in total. The van der Waals surface area contributed by atoms with Gasteiger partial charge < -0.3 is 10.5 Å². The molecular weight excluding hydrogens is 221 g/mol. The van der Waals surface area contributed by atoms with Crippen molar-refractivity contribution in [3.63, 3.8) is 0 Å². The average Bonchev–Trinajstić information content (AvgIpc) is 1.99. The number of hydrogen-bond donors (Lipinski definition) is 1. The molecule has 0 aliphatic heterocycles. The molecule has 0 saturated heterocycles. The van der Waals surface area contributed by atoms with Gasteiger partial charge in [0.15, 0.2) is 0 Å². The molecule has 0 fully saturated rings. The van der Waals surface area contributed by atoms with Gasteiger partial charge in [0.1, 0.15) is 10.9 Å². The van der Waals surface area contributed by atoms with E-state index in [1.807, 2.05) is 0 Å². The van der Waals surface area contributed by atoms with Crippen LogP contribution in [0, 0.1) is 0 Å². The fourth-order valence-electron chi connectivity index (χ4n) is 0.822. The van der Waals surface area contributed by atoms with Crippen LogP contribution in [0.5, 0.6) is 5.75 Å². The number of alkyl halides is 3. The molecular formula is C7H6ClF3N2O. The predicted molar refractivity (Wildman–Crippen MR) is 43.8 cm³/mol. The van der Waals surface area contributed by atoms with E-state index >= 15 is 0 Å². The van der Waals surface area contributed by atoms with Crippen LogP contribution >= 0.6 is 11.6 Å². The molecule has 0 radical (unpaired) electrons. The van der Waals surface area contributed by atoms with Gasteiger partial charge in [-0.05, 0) is 0 Å². The molecule has 78 valence electrons. The number of ether oxygens (including phenoxy) is 1. The van der Waals surface area contributed by atoms with Crippen LogP contribution < -0.4 is 10.5 Å². The normalized spacial score (nSPS) is 11.5. The lowest BCUT2D eigenvalue weighted by Crippen LogP contribution is -2.17. The first-order valence-electron chi connectivity index (χ1n) is 3.53. The summed E-state index contributed by atoms with van der Waals surface area (Å²) in [5.74, 6) is -0.419. The van der Waals surface area contributed by atoms with Crippen LogP contribution in [-0.4, -0.2) is 11.3 Å². The second-order valence-corrected chi connectivity index (χ2v) is 2.76. The number of rotatable bonds is 2. The Balaban J connectivity index is 2.92. The van der Waals surface area contributed by atoms with Gasteiger partial charge in [0.2, 0.25) is 0 Å². The van der Waals surface area contributed by atoms with Crippen molar-refractivity contribution in [1.29, 1.82) is 0 Å². The molecule has 1 aromatic rings. The minimum absolute atomic E-state index is 0.00518. The molecule has 0 saturated carbocycles. The monoisotopic (exact) mass is 226 g/mol. The lowest BCUT2D eigenvalue weighted by molar-refractivity contribution is -0.274. The molecule has 0 spiro atoms. The summed E-state index contributed by atoms with van der Waals surface area (Å²) in [6.07, 6.45) is -4.74. The SMILES string of the molecule is NCc1cc(OC(F)(F)F)cc(Cl)n1. The van der Waals surface area contributed by atoms with E-state index in [2.05, 4.69) is 9.72 Å². The fraction of sp³-hybridized carbons (Fsp3) is 0.286. The standard InChI is InChI=1S/C7H6ClF3N2O/c8-6-2-5(14-7(9,10)11)1-4(3-12)13-6/h1-2H,3,12H2. The highest BCUT2D eigenvalue weighted by molar-refractivity contribution is 6.29. The first kappa shape index (κ1) is 11.1. The lowest BCUT2D eigenvalue weighted by Gasteiger charge is -2.09. The number of aromatic nitrogens is 1. The van der Waals surface area contributed by atoms with Gasteiger partial charge in [0.25, 0.3) is 0 Å². The van der Waals surface area contributed by atoms with Crippen molar-refractivity contribution < 1.29 is 17.9 Å². The molecule has 0 bridgehead atoms. The van der Waals surface area contributed by atoms with Crippen molar-refractivity contribution in [2.24, 2.45) is 5.73 Å². The molecule has 0 aliphatic rings. The van der Waals surface area contributed by atoms with E-state index in [1.54, 1.807) is 0 Å². The lowest BCUT2D eigenvalue weighted by atomic mass is 10.3. The maximum Gasteiger partial charge on any atom is 0.573 e. The number of halogens is 4. The molecule has 0 atom stereocenters. The zero-order valence-corrected chi connectivity index (χ0v) is 7.56. The van der Waals surface area contributed by atoms with Crippen LogP contribution in [0.2, 0.25) is 5.15 Å². The topological polar surface area (TPSA) is 48.1 Å². The van der Waals surface area contributed by atoms with E-state index in [1.165, 1.54) is 0 Å². The molecule has 0 aromatic carbocycles. The van der Waals surface area contributed by atoms with Crippen molar-refractivity contribution in [2.75, 3.05) is 0 Å². The molecule has 0 unspecified atom stereocenters. The van der Waals surface area contributed by atoms with Gasteiger partial charge >= 0.3 is 6.36 Å². The third-order valence-electron chi connectivity index (χ3n) is 1.26. The average molecular weight is 227 g/mol. The van der Waals surface area contributed by atoms with Crippen LogP contribution in [0.25, 0.3) is 0 Å². The Hall–Kier alpha value is -1.01. The quantitative estimate of drug-likeness (QED) is 0.786. The van der Waals surface area contributed by atoms with E-state index < -0.39 is 12.1 Å². The number of nitrogens with two attached hydrogens (primary N) is 1. The van der Waals surface area contributed by atoms with Gasteiger partial charge in [0, 0.05) is 18.7 Å². The van der Waals surface area contributed by atoms with Crippen LogP contribution in [0.4, 0.5) is 13.2 Å². The van der Waals surface area contributed by atoms with Gasteiger partial charge in [-0.2, -0.15) is 0 Å². The zero-order valence-electron chi connectivity index (χ0n) is 6.81. The van der Waals surface area contributed by atoms with Crippen molar-refractivity contribution in [2.45, 2.75) is 12.9 Å². The molecule has 0 amide bonds. The molecule has 1 aromatic heterocycles. The summed E-state index contributed by atoms with van der Waals surface area (Å²) in [5, 5.41) is -0.0906. The smallest absolute Gasteiger partial charge is 0.406 e. The van der Waals surface area contributed by atoms with Gasteiger partial charge in [0.05, 0.1) is 5.69 Å². The third-order valence-corrected chi connectivity index (χ3v) is 1.46. The van der Waals surface area contributed by atoms with Crippen LogP contribution in [0.15, 0.2) is 12.1 Å². The second-order valence-electron chi connectivity index (χ2n) is 2.37. The molecule has 7 heteroatoms. The van der Waals surface area contributed by atoms with Gasteiger partial charge in [-0.25, -0.2) is 4.98 Å². The number of nitrogens with zero attached hydrogens (tertiary/aromatic N) is 1. The third kappa shape index (κ3) is 3.39. The molecule has 1 rings (SSSR count). The number of hydrogen-bond acceptors (Lipinski definition) is 3. The van der Waals surface area contributed by atoms with E-state index in [0.29, 0.717) is 0 Å². The second kappa shape index (κ2) is 4.02. The summed E-state index contributed by atoms with van der Waals surface area (Å²) < 4.78 is 39.0. The highest BCUT2D eigenvalue weighted by atomic mass is 35.5. The van der Waals surface area contributed by atoms with Crippen LogP contribution in [-0.2, 0) is 6.54 Å². The Morgan fingerprint density at radius 3 is 2.57 bits per heavy atom. The number of pyridine rings is 1. The summed E-state index contributed by atoms with van der Waals surface area (Å²) in [5.41, 5.74) is 5.43. The summed E-state index contributed by atoms with van der Waals surface area (Å²) >= 11 is 5.44. The van der Waals surface area contributed by atoms with Crippen molar-refractivity contribution in [3.8, 4) is 5.75 Å². The van der Waals surface area contributed by atoms with Crippen molar-refractivity contribution in [3.05, 3.63) is 23.0 Å². The maximum absolute atomic E-state index is 11.8. The Morgan fingerprint density at radius 2 is 2.07 bits per heavy atom. The van der Waals surface area contributed by atoms with Gasteiger partial charge in [-0.3, -0.25) is 0 Å². The van der Waals surface area contributed by atoms with Crippen molar-refractivity contribution >= 4 is 11.6 Å². The Morgan fingerprint density at radius 1 is 1.43 bits per heavy atom. The molecule has 1 heterocycles. The summed E-state index contributed by atoms with van der Waals surface area (Å²) in [6, 6.07) is 2.05. The molecule has 3 nitrogen and oxygen atoms in total. The van der Waals surface area contributed by atoms with E-state index in [0.717, 1.165) is 12.1 Å². The molecule has 0 aliphatic carbocycles. The van der Waals surface area contributed by atoms with Gasteiger partial charge in [-0.15, -0.1) is 13.2 Å². The first-order valence-corrected chi connectivity index (χ1v) is 3.91. The van der Waals surface area contributed by atoms with Crippen LogP contribution in [0.3, 0.4) is 0 Å². The van der Waals surface area contributed by atoms with Crippen LogP contribution in [0.1, 0.15) is 5.69 Å². The van der Waals surface area contributed by atoms with E-state index in [9.17, 15) is 13.2 Å². The van der Waals surface area contributed by atoms with Gasteiger partial charge in [-0.1, -0.05) is 11.6 Å². The summed E-state index contributed by atoms with van der Waals surface area (Å²) in [7, 11) is 0. The van der Waals surface area contributed by atoms with E-state index in [-0.39, 0.29) is 17.4 Å². The molecule has 14 heavy (non-hydrogen) atoms. The largest absolute Gasteiger partial charge is 0.573 e. The first-order chi connectivity index (χ1) is 6.40. The highest BCUT2D eigenvalue weighted by Crippen LogP contribution is 2.25. The minimum atomic E-state index is -4.74. The predicted octanol–water partition coefficient (Wildman–Crippen LogP) is 2.09. The zero-order chi connectivity index (χ0) is 10.8. The summed E-state index contributed by atoms with van der Waals surface area (Å²) in [6.45, 7) is -0.00518. The fourth-order valence-corrected chi connectivity index (χ4v) is 1.04. The highest BCUT2D eigenvalue weighted by Gasteiger charge is 2.31. The maximum atomic E-state index is 11.8. The Labute approximate surface area is 82.6 Å². The van der Waals surface area contributed by atoms with Crippen molar-refractivity contribution in [1.82, 2.24) is 4.98 Å².